The highest BCUT2D eigenvalue weighted by molar-refractivity contribution is 5.95. The number of hydrogen-bond donors (Lipinski definition) is 1. The number of rotatable bonds is 1. The van der Waals surface area contributed by atoms with Gasteiger partial charge in [0.15, 0.2) is 0 Å². The number of hydrogen-bond acceptors (Lipinski definition) is 1. The largest absolute Gasteiger partial charge is 0.507 e. The van der Waals surface area contributed by atoms with Gasteiger partial charge in [-0.15, -0.1) is 0 Å². The fourth-order valence-electron chi connectivity index (χ4n) is 1.71. The smallest absolute Gasteiger partial charge is 0.123 e. The summed E-state index contributed by atoms with van der Waals surface area (Å²) in [6, 6.07) is 11.6. The Morgan fingerprint density at radius 3 is 2.57 bits per heavy atom. The fraction of sp³-hybridized carbons (Fsp3) is 0.0769. The van der Waals surface area contributed by atoms with Gasteiger partial charge in [0.05, 0.1) is 0 Å². The predicted octanol–water partition coefficient (Wildman–Crippen LogP) is 3.58. The van der Waals surface area contributed by atoms with Crippen LogP contribution in [0.3, 0.4) is 0 Å². The van der Waals surface area contributed by atoms with E-state index in [1.165, 1.54) is 0 Å². The van der Waals surface area contributed by atoms with Gasteiger partial charge in [-0.3, -0.25) is 0 Å². The predicted molar refractivity (Wildman–Crippen MR) is 60.3 cm³/mol. The van der Waals surface area contributed by atoms with E-state index < -0.39 is 0 Å². The van der Waals surface area contributed by atoms with Gasteiger partial charge in [0.25, 0.3) is 0 Å². The minimum Gasteiger partial charge on any atom is -0.507 e. The van der Waals surface area contributed by atoms with Gasteiger partial charge >= 0.3 is 0 Å². The molecule has 0 amide bonds. The molecule has 2 rings (SSSR count). The standard InChI is InChI=1S/C13H12O/c1-9(2)13-11-6-4-3-5-10(11)7-8-12(13)14/h3-8,14H,1H2,2H3. The molecule has 0 aliphatic carbocycles. The molecule has 0 radical (unpaired) electrons. The van der Waals surface area contributed by atoms with Gasteiger partial charge in [-0.25, -0.2) is 0 Å². The Labute approximate surface area is 83.3 Å². The zero-order chi connectivity index (χ0) is 10.1. The van der Waals surface area contributed by atoms with Crippen LogP contribution in [0.1, 0.15) is 12.5 Å². The molecular formula is C13H12O. The number of allylic oxidation sites excluding steroid dienone is 1. The van der Waals surface area contributed by atoms with E-state index in [0.29, 0.717) is 5.75 Å². The fourth-order valence-corrected chi connectivity index (χ4v) is 1.71. The van der Waals surface area contributed by atoms with Crippen LogP contribution in [0.25, 0.3) is 16.3 Å². The van der Waals surface area contributed by atoms with E-state index in [2.05, 4.69) is 6.58 Å². The van der Waals surface area contributed by atoms with Crippen LogP contribution in [0.4, 0.5) is 0 Å². The Kier molecular flexibility index (Phi) is 2.01. The molecule has 0 aliphatic rings. The van der Waals surface area contributed by atoms with Crippen LogP contribution in [0, 0.1) is 0 Å². The van der Waals surface area contributed by atoms with Crippen molar-refractivity contribution in [1.82, 2.24) is 0 Å². The second-order valence-electron chi connectivity index (χ2n) is 3.46. The highest BCUT2D eigenvalue weighted by Gasteiger charge is 2.06. The van der Waals surface area contributed by atoms with Crippen LogP contribution in [0.15, 0.2) is 43.0 Å². The maximum absolute atomic E-state index is 9.72. The topological polar surface area (TPSA) is 20.2 Å². The maximum atomic E-state index is 9.72. The zero-order valence-corrected chi connectivity index (χ0v) is 8.12. The molecule has 0 unspecified atom stereocenters. The summed E-state index contributed by atoms with van der Waals surface area (Å²) >= 11 is 0. The lowest BCUT2D eigenvalue weighted by molar-refractivity contribution is 0.474. The van der Waals surface area contributed by atoms with Gasteiger partial charge in [0.1, 0.15) is 5.75 Å². The van der Waals surface area contributed by atoms with Gasteiger partial charge in [-0.1, -0.05) is 36.9 Å². The molecule has 0 fully saturated rings. The average Bonchev–Trinajstić information content (AvgIpc) is 2.17. The molecule has 1 N–H and O–H groups in total. The third-order valence-corrected chi connectivity index (χ3v) is 2.33. The van der Waals surface area contributed by atoms with Crippen LogP contribution < -0.4 is 0 Å². The van der Waals surface area contributed by atoms with E-state index in [4.69, 9.17) is 0 Å². The monoisotopic (exact) mass is 184 g/mol. The lowest BCUT2D eigenvalue weighted by Gasteiger charge is -2.08. The molecule has 70 valence electrons. The minimum absolute atomic E-state index is 0.302. The van der Waals surface area contributed by atoms with Crippen molar-refractivity contribution in [3.05, 3.63) is 48.5 Å². The Hall–Kier alpha value is -1.76. The van der Waals surface area contributed by atoms with Crippen molar-refractivity contribution in [2.75, 3.05) is 0 Å². The molecular weight excluding hydrogens is 172 g/mol. The average molecular weight is 184 g/mol. The minimum atomic E-state index is 0.302. The van der Waals surface area contributed by atoms with Crippen molar-refractivity contribution in [3.63, 3.8) is 0 Å². The molecule has 0 spiro atoms. The Morgan fingerprint density at radius 2 is 1.86 bits per heavy atom. The second kappa shape index (κ2) is 3.18. The van der Waals surface area contributed by atoms with Crippen molar-refractivity contribution >= 4 is 16.3 Å². The molecule has 14 heavy (non-hydrogen) atoms. The summed E-state index contributed by atoms with van der Waals surface area (Å²) in [5.41, 5.74) is 1.74. The highest BCUT2D eigenvalue weighted by Crippen LogP contribution is 2.31. The molecule has 0 heterocycles. The number of fused-ring (bicyclic) bond motifs is 1. The summed E-state index contributed by atoms with van der Waals surface area (Å²) in [6.45, 7) is 5.78. The van der Waals surface area contributed by atoms with E-state index in [0.717, 1.165) is 21.9 Å². The van der Waals surface area contributed by atoms with Crippen molar-refractivity contribution in [1.29, 1.82) is 0 Å². The first-order valence-electron chi connectivity index (χ1n) is 4.57. The van der Waals surface area contributed by atoms with Crippen LogP contribution in [0.2, 0.25) is 0 Å². The van der Waals surface area contributed by atoms with Crippen LogP contribution in [0.5, 0.6) is 5.75 Å². The van der Waals surface area contributed by atoms with Crippen LogP contribution in [-0.2, 0) is 0 Å². The molecule has 1 heteroatoms. The molecule has 0 aromatic heterocycles. The van der Waals surface area contributed by atoms with E-state index in [9.17, 15) is 5.11 Å². The van der Waals surface area contributed by atoms with Gasteiger partial charge in [-0.05, 0) is 29.3 Å². The number of aromatic hydroxyl groups is 1. The first kappa shape index (κ1) is 8.82. The highest BCUT2D eigenvalue weighted by atomic mass is 16.3. The van der Waals surface area contributed by atoms with Crippen molar-refractivity contribution in [3.8, 4) is 5.75 Å². The van der Waals surface area contributed by atoms with Gasteiger partial charge < -0.3 is 5.11 Å². The van der Waals surface area contributed by atoms with Crippen molar-refractivity contribution < 1.29 is 5.11 Å². The second-order valence-corrected chi connectivity index (χ2v) is 3.46. The summed E-state index contributed by atoms with van der Waals surface area (Å²) in [4.78, 5) is 0. The van der Waals surface area contributed by atoms with E-state index >= 15 is 0 Å². The molecule has 1 nitrogen and oxygen atoms in total. The molecule has 2 aromatic rings. The quantitative estimate of drug-likeness (QED) is 0.718. The van der Waals surface area contributed by atoms with E-state index in [1.807, 2.05) is 37.3 Å². The van der Waals surface area contributed by atoms with Gasteiger partial charge in [0.2, 0.25) is 0 Å². The van der Waals surface area contributed by atoms with E-state index in [-0.39, 0.29) is 0 Å². The first-order chi connectivity index (χ1) is 6.70. The summed E-state index contributed by atoms with van der Waals surface area (Å²) in [6.07, 6.45) is 0. The SMILES string of the molecule is C=C(C)c1c(O)ccc2ccccc12. The lowest BCUT2D eigenvalue weighted by Crippen LogP contribution is -1.83. The number of benzene rings is 2. The molecule has 2 aromatic carbocycles. The molecule has 0 saturated heterocycles. The number of phenols is 1. The third-order valence-electron chi connectivity index (χ3n) is 2.33. The molecule has 0 bridgehead atoms. The van der Waals surface area contributed by atoms with Crippen molar-refractivity contribution in [2.45, 2.75) is 6.92 Å². The normalized spacial score (nSPS) is 10.4. The Balaban J connectivity index is 2.90. The van der Waals surface area contributed by atoms with Crippen molar-refractivity contribution in [2.24, 2.45) is 0 Å². The van der Waals surface area contributed by atoms with Gasteiger partial charge in [-0.2, -0.15) is 0 Å². The molecule has 0 aliphatic heterocycles. The zero-order valence-electron chi connectivity index (χ0n) is 8.12. The third kappa shape index (κ3) is 1.27. The number of phenolic OH excluding ortho intramolecular Hbond substituents is 1. The lowest BCUT2D eigenvalue weighted by atomic mass is 9.99. The van der Waals surface area contributed by atoms with E-state index in [1.54, 1.807) is 6.07 Å². The summed E-state index contributed by atoms with van der Waals surface area (Å²) < 4.78 is 0. The molecule has 0 atom stereocenters. The summed E-state index contributed by atoms with van der Waals surface area (Å²) in [5, 5.41) is 11.9. The molecule has 0 saturated carbocycles. The van der Waals surface area contributed by atoms with Gasteiger partial charge in [0, 0.05) is 5.56 Å². The van der Waals surface area contributed by atoms with Crippen LogP contribution >= 0.6 is 0 Å². The van der Waals surface area contributed by atoms with Crippen LogP contribution in [-0.4, -0.2) is 5.11 Å². The summed E-state index contributed by atoms with van der Waals surface area (Å²) in [7, 11) is 0. The summed E-state index contributed by atoms with van der Waals surface area (Å²) in [5.74, 6) is 0.302. The maximum Gasteiger partial charge on any atom is 0.123 e. The first-order valence-corrected chi connectivity index (χ1v) is 4.57. The Morgan fingerprint density at radius 1 is 1.14 bits per heavy atom. The Bertz CT molecular complexity index is 498.